The number of amides is 1. The lowest BCUT2D eigenvalue weighted by molar-refractivity contribution is -0.117. The second-order valence-electron chi connectivity index (χ2n) is 5.04. The predicted molar refractivity (Wildman–Crippen MR) is 75.3 cm³/mol. The fraction of sp³-hybridized carbons (Fsp3) is 0.333. The minimum Gasteiger partial charge on any atom is -0.326 e. The van der Waals surface area contributed by atoms with Crippen molar-refractivity contribution in [3.8, 4) is 0 Å². The first kappa shape index (κ1) is 12.0. The molecule has 0 bridgehead atoms. The fourth-order valence-corrected chi connectivity index (χ4v) is 2.29. The first-order chi connectivity index (χ1) is 9.17. The smallest absolute Gasteiger partial charge is 0.248 e. The highest BCUT2D eigenvalue weighted by Gasteiger charge is 2.29. The third-order valence-corrected chi connectivity index (χ3v) is 3.53. The third kappa shape index (κ3) is 2.38. The molecule has 1 aliphatic rings. The van der Waals surface area contributed by atoms with Gasteiger partial charge in [-0.3, -0.25) is 9.59 Å². The Morgan fingerprint density at radius 1 is 1.37 bits per heavy atom. The number of rotatable bonds is 3. The van der Waals surface area contributed by atoms with Crippen LogP contribution in [-0.2, 0) is 11.2 Å². The number of H-pyrrole nitrogens is 1. The van der Waals surface area contributed by atoms with E-state index in [0.717, 1.165) is 41.4 Å². The number of hydrogen-bond donors (Lipinski definition) is 2. The lowest BCUT2D eigenvalue weighted by Gasteiger charge is -2.08. The second kappa shape index (κ2) is 4.53. The number of benzene rings is 1. The van der Waals surface area contributed by atoms with Crippen molar-refractivity contribution in [2.24, 2.45) is 5.92 Å². The van der Waals surface area contributed by atoms with E-state index in [-0.39, 0.29) is 17.4 Å². The van der Waals surface area contributed by atoms with Gasteiger partial charge in [0.1, 0.15) is 0 Å². The number of nitrogens with one attached hydrogen (secondary N) is 2. The number of anilines is 1. The molecule has 4 nitrogen and oxygen atoms in total. The normalized spacial score (nSPS) is 14.6. The first-order valence-electron chi connectivity index (χ1n) is 6.64. The van der Waals surface area contributed by atoms with Crippen LogP contribution in [-0.4, -0.2) is 10.9 Å². The maximum Gasteiger partial charge on any atom is 0.248 e. The number of pyridine rings is 1. The van der Waals surface area contributed by atoms with Gasteiger partial charge in [-0.2, -0.15) is 0 Å². The van der Waals surface area contributed by atoms with Crippen molar-refractivity contribution in [2.75, 3.05) is 5.32 Å². The molecular formula is C15H16N2O2. The highest BCUT2D eigenvalue weighted by molar-refractivity contribution is 5.96. The second-order valence-corrected chi connectivity index (χ2v) is 5.04. The Bertz CT molecular complexity index is 699. The van der Waals surface area contributed by atoms with Crippen LogP contribution in [0.5, 0.6) is 0 Å². The van der Waals surface area contributed by atoms with Crippen molar-refractivity contribution in [1.29, 1.82) is 0 Å². The van der Waals surface area contributed by atoms with Crippen molar-refractivity contribution < 1.29 is 4.79 Å². The average molecular weight is 256 g/mol. The Kier molecular flexibility index (Phi) is 2.85. The molecule has 2 aromatic rings. The molecule has 0 radical (unpaired) electrons. The number of aromatic amines is 1. The van der Waals surface area contributed by atoms with Gasteiger partial charge in [0.05, 0.1) is 5.52 Å². The Hall–Kier alpha value is -2.10. The number of aryl methyl sites for hydroxylation is 1. The molecule has 1 aliphatic carbocycles. The molecule has 19 heavy (non-hydrogen) atoms. The molecule has 0 saturated heterocycles. The summed E-state index contributed by atoms with van der Waals surface area (Å²) >= 11 is 0. The number of aromatic nitrogens is 1. The molecule has 1 fully saturated rings. The minimum atomic E-state index is -0.102. The van der Waals surface area contributed by atoms with Gasteiger partial charge in [0, 0.05) is 23.1 Å². The van der Waals surface area contributed by atoms with E-state index in [0.29, 0.717) is 0 Å². The minimum absolute atomic E-state index is 0.0772. The van der Waals surface area contributed by atoms with Crippen molar-refractivity contribution in [3.63, 3.8) is 0 Å². The van der Waals surface area contributed by atoms with Crippen LogP contribution < -0.4 is 10.9 Å². The molecule has 0 spiro atoms. The highest BCUT2D eigenvalue weighted by Crippen LogP contribution is 2.30. The summed E-state index contributed by atoms with van der Waals surface area (Å²) in [5.74, 6) is 0.255. The van der Waals surface area contributed by atoms with E-state index in [2.05, 4.69) is 10.3 Å². The van der Waals surface area contributed by atoms with Gasteiger partial charge >= 0.3 is 0 Å². The van der Waals surface area contributed by atoms with E-state index in [4.69, 9.17) is 0 Å². The van der Waals surface area contributed by atoms with E-state index >= 15 is 0 Å². The molecule has 2 N–H and O–H groups in total. The quantitative estimate of drug-likeness (QED) is 0.886. The Morgan fingerprint density at radius 2 is 2.16 bits per heavy atom. The summed E-state index contributed by atoms with van der Waals surface area (Å²) in [6.45, 7) is 2.02. The maximum absolute atomic E-state index is 11.7. The molecule has 0 aliphatic heterocycles. The molecule has 4 heteroatoms. The largest absolute Gasteiger partial charge is 0.326 e. The third-order valence-electron chi connectivity index (χ3n) is 3.53. The fourth-order valence-electron chi connectivity index (χ4n) is 2.29. The van der Waals surface area contributed by atoms with Gasteiger partial charge in [-0.25, -0.2) is 0 Å². The summed E-state index contributed by atoms with van der Waals surface area (Å²) in [6.07, 6.45) is 2.78. The van der Waals surface area contributed by atoms with E-state index in [1.807, 2.05) is 25.1 Å². The van der Waals surface area contributed by atoms with E-state index in [1.165, 1.54) is 0 Å². The van der Waals surface area contributed by atoms with E-state index in [1.54, 1.807) is 6.07 Å². The summed E-state index contributed by atoms with van der Waals surface area (Å²) in [6, 6.07) is 7.30. The summed E-state index contributed by atoms with van der Waals surface area (Å²) in [5, 5.41) is 3.93. The standard InChI is InChI=1S/C15H16N2O2/c1-2-9-7-14(18)17-13-8-11(5-6-12(9)13)16-15(19)10-3-4-10/h5-8,10H,2-4H2,1H3,(H,16,19)(H,17,18). The Labute approximate surface area is 110 Å². The summed E-state index contributed by atoms with van der Waals surface area (Å²) in [5.41, 5.74) is 2.44. The molecule has 1 saturated carbocycles. The number of carbonyl (C=O) groups excluding carboxylic acids is 1. The summed E-state index contributed by atoms with van der Waals surface area (Å²) in [7, 11) is 0. The summed E-state index contributed by atoms with van der Waals surface area (Å²) in [4.78, 5) is 26.1. The maximum atomic E-state index is 11.7. The van der Waals surface area contributed by atoms with Gasteiger partial charge in [0.2, 0.25) is 11.5 Å². The van der Waals surface area contributed by atoms with Gasteiger partial charge in [0.15, 0.2) is 0 Å². The first-order valence-corrected chi connectivity index (χ1v) is 6.64. The zero-order valence-electron chi connectivity index (χ0n) is 10.8. The van der Waals surface area contributed by atoms with Crippen LogP contribution in [0.25, 0.3) is 10.9 Å². The molecule has 0 atom stereocenters. The van der Waals surface area contributed by atoms with Crippen LogP contribution in [0.2, 0.25) is 0 Å². The van der Waals surface area contributed by atoms with Crippen molar-refractivity contribution in [1.82, 2.24) is 4.98 Å². The molecular weight excluding hydrogens is 240 g/mol. The predicted octanol–water partition coefficient (Wildman–Crippen LogP) is 2.44. The zero-order valence-corrected chi connectivity index (χ0v) is 10.8. The van der Waals surface area contributed by atoms with E-state index in [9.17, 15) is 9.59 Å². The average Bonchev–Trinajstić information content (AvgIpc) is 3.21. The molecule has 3 rings (SSSR count). The van der Waals surface area contributed by atoms with Crippen LogP contribution in [0.15, 0.2) is 29.1 Å². The van der Waals surface area contributed by atoms with Crippen LogP contribution in [0.1, 0.15) is 25.3 Å². The topological polar surface area (TPSA) is 62.0 Å². The van der Waals surface area contributed by atoms with Gasteiger partial charge in [-0.15, -0.1) is 0 Å². The van der Waals surface area contributed by atoms with Crippen LogP contribution in [0.4, 0.5) is 5.69 Å². The van der Waals surface area contributed by atoms with Crippen molar-refractivity contribution in [2.45, 2.75) is 26.2 Å². The van der Waals surface area contributed by atoms with Crippen LogP contribution >= 0.6 is 0 Å². The molecule has 98 valence electrons. The molecule has 1 aromatic carbocycles. The molecule has 1 aromatic heterocycles. The zero-order chi connectivity index (χ0) is 13.4. The monoisotopic (exact) mass is 256 g/mol. The van der Waals surface area contributed by atoms with Crippen molar-refractivity contribution >= 4 is 22.5 Å². The number of carbonyl (C=O) groups is 1. The Morgan fingerprint density at radius 3 is 2.84 bits per heavy atom. The van der Waals surface area contributed by atoms with Gasteiger partial charge in [-0.05, 0) is 37.0 Å². The van der Waals surface area contributed by atoms with Crippen LogP contribution in [0.3, 0.4) is 0 Å². The molecule has 1 heterocycles. The van der Waals surface area contributed by atoms with Gasteiger partial charge in [-0.1, -0.05) is 13.0 Å². The van der Waals surface area contributed by atoms with E-state index < -0.39 is 0 Å². The lowest BCUT2D eigenvalue weighted by atomic mass is 10.1. The molecule has 1 amide bonds. The Balaban J connectivity index is 2.00. The molecule has 0 unspecified atom stereocenters. The van der Waals surface area contributed by atoms with Gasteiger partial charge in [0.25, 0.3) is 0 Å². The lowest BCUT2D eigenvalue weighted by Crippen LogP contribution is -2.13. The van der Waals surface area contributed by atoms with Crippen molar-refractivity contribution in [3.05, 3.63) is 40.2 Å². The number of fused-ring (bicyclic) bond motifs is 1. The van der Waals surface area contributed by atoms with Crippen LogP contribution in [0, 0.1) is 5.92 Å². The SMILES string of the molecule is CCc1cc(=O)[nH]c2cc(NC(=O)C3CC3)ccc12. The number of hydrogen-bond acceptors (Lipinski definition) is 2. The van der Waals surface area contributed by atoms with Gasteiger partial charge < -0.3 is 10.3 Å². The summed E-state index contributed by atoms with van der Waals surface area (Å²) < 4.78 is 0. The highest BCUT2D eigenvalue weighted by atomic mass is 16.2.